The molecule has 1 aromatic heterocycles. The molecule has 1 heterocycles. The predicted molar refractivity (Wildman–Crippen MR) is 64.1 cm³/mol. The van der Waals surface area contributed by atoms with Crippen molar-refractivity contribution >= 4 is 27.4 Å². The maximum atomic E-state index is 11.0. The van der Waals surface area contributed by atoms with E-state index >= 15 is 0 Å². The fraction of sp³-hybridized carbons (Fsp3) is 0.250. The number of aromatic carboxylic acids is 1. The first-order chi connectivity index (χ1) is 7.72. The van der Waals surface area contributed by atoms with Crippen molar-refractivity contribution in [3.8, 4) is 0 Å². The standard InChI is InChI=1S/C12H12O3S/c1-2-15-7-8-6-10-9(12(13)14)4-3-5-11(10)16-8/h3-6H,2,7H2,1H3,(H,13,14). The summed E-state index contributed by atoms with van der Waals surface area (Å²) >= 11 is 1.58. The van der Waals surface area contributed by atoms with Gasteiger partial charge in [0.2, 0.25) is 0 Å². The Balaban J connectivity index is 2.44. The molecule has 0 spiro atoms. The molecule has 0 bridgehead atoms. The summed E-state index contributed by atoms with van der Waals surface area (Å²) in [5, 5.41) is 9.84. The molecule has 0 unspecified atom stereocenters. The Labute approximate surface area is 97.3 Å². The first kappa shape index (κ1) is 11.1. The molecule has 1 aromatic carbocycles. The molecule has 3 nitrogen and oxygen atoms in total. The summed E-state index contributed by atoms with van der Waals surface area (Å²) in [7, 11) is 0. The fourth-order valence-corrected chi connectivity index (χ4v) is 2.60. The van der Waals surface area contributed by atoms with Gasteiger partial charge in [-0.3, -0.25) is 0 Å². The second-order valence-electron chi connectivity index (χ2n) is 3.37. The minimum absolute atomic E-state index is 0.358. The van der Waals surface area contributed by atoms with Gasteiger partial charge in [-0.2, -0.15) is 0 Å². The summed E-state index contributed by atoms with van der Waals surface area (Å²) < 4.78 is 6.31. The van der Waals surface area contributed by atoms with Gasteiger partial charge >= 0.3 is 5.97 Å². The van der Waals surface area contributed by atoms with E-state index in [4.69, 9.17) is 9.84 Å². The van der Waals surface area contributed by atoms with Gasteiger partial charge in [-0.1, -0.05) is 6.07 Å². The van der Waals surface area contributed by atoms with Crippen LogP contribution in [0.25, 0.3) is 10.1 Å². The molecule has 0 atom stereocenters. The molecule has 0 saturated carbocycles. The summed E-state index contributed by atoms with van der Waals surface area (Å²) in [6.07, 6.45) is 0. The van der Waals surface area contributed by atoms with E-state index in [1.807, 2.05) is 19.1 Å². The SMILES string of the molecule is CCOCc1cc2c(C(=O)O)cccc2s1. The maximum absolute atomic E-state index is 11.0. The van der Waals surface area contributed by atoms with Gasteiger partial charge < -0.3 is 9.84 Å². The number of hydrogen-bond acceptors (Lipinski definition) is 3. The zero-order valence-corrected chi connectivity index (χ0v) is 9.71. The van der Waals surface area contributed by atoms with Crippen LogP contribution in [0, 0.1) is 0 Å². The Kier molecular flexibility index (Phi) is 3.22. The lowest BCUT2D eigenvalue weighted by molar-refractivity contribution is 0.0699. The highest BCUT2D eigenvalue weighted by atomic mass is 32.1. The summed E-state index contributed by atoms with van der Waals surface area (Å²) in [5.74, 6) is -0.883. The summed E-state index contributed by atoms with van der Waals surface area (Å²) in [4.78, 5) is 12.1. The van der Waals surface area contributed by atoms with Gasteiger partial charge in [0.05, 0.1) is 12.2 Å². The summed E-state index contributed by atoms with van der Waals surface area (Å²) in [6, 6.07) is 7.23. The third kappa shape index (κ3) is 2.08. The lowest BCUT2D eigenvalue weighted by atomic mass is 10.1. The molecular formula is C12H12O3S. The van der Waals surface area contributed by atoms with Gasteiger partial charge in [-0.15, -0.1) is 11.3 Å². The molecule has 2 rings (SSSR count). The minimum Gasteiger partial charge on any atom is -0.478 e. The minimum atomic E-state index is -0.883. The number of thiophene rings is 1. The molecule has 0 aliphatic carbocycles. The number of fused-ring (bicyclic) bond motifs is 1. The van der Waals surface area contributed by atoms with E-state index in [0.29, 0.717) is 18.8 Å². The zero-order chi connectivity index (χ0) is 11.5. The van der Waals surface area contributed by atoms with E-state index in [9.17, 15) is 4.79 Å². The van der Waals surface area contributed by atoms with Crippen LogP contribution in [0.5, 0.6) is 0 Å². The number of carboxylic acid groups (broad SMARTS) is 1. The molecule has 0 fully saturated rings. The smallest absolute Gasteiger partial charge is 0.336 e. The highest BCUT2D eigenvalue weighted by Crippen LogP contribution is 2.28. The van der Waals surface area contributed by atoms with Gasteiger partial charge in [0.25, 0.3) is 0 Å². The topological polar surface area (TPSA) is 46.5 Å². The third-order valence-electron chi connectivity index (χ3n) is 2.29. The predicted octanol–water partition coefficient (Wildman–Crippen LogP) is 3.14. The summed E-state index contributed by atoms with van der Waals surface area (Å²) in [6.45, 7) is 3.16. The average molecular weight is 236 g/mol. The van der Waals surface area contributed by atoms with E-state index in [1.54, 1.807) is 23.5 Å². The lowest BCUT2D eigenvalue weighted by Gasteiger charge is -1.95. The van der Waals surface area contributed by atoms with Gasteiger partial charge in [-0.25, -0.2) is 4.79 Å². The van der Waals surface area contributed by atoms with Crippen molar-refractivity contribution in [1.82, 2.24) is 0 Å². The highest BCUT2D eigenvalue weighted by molar-refractivity contribution is 7.19. The van der Waals surface area contributed by atoms with E-state index < -0.39 is 5.97 Å². The second kappa shape index (κ2) is 4.63. The van der Waals surface area contributed by atoms with Gasteiger partial charge in [0.1, 0.15) is 0 Å². The largest absolute Gasteiger partial charge is 0.478 e. The number of carbonyl (C=O) groups is 1. The molecule has 0 aliphatic rings. The average Bonchev–Trinajstić information content (AvgIpc) is 2.68. The second-order valence-corrected chi connectivity index (χ2v) is 4.54. The van der Waals surface area contributed by atoms with Gasteiger partial charge in [0, 0.05) is 21.6 Å². The number of rotatable bonds is 4. The monoisotopic (exact) mass is 236 g/mol. The van der Waals surface area contributed by atoms with Crippen LogP contribution < -0.4 is 0 Å². The first-order valence-corrected chi connectivity index (χ1v) is 5.86. The Hall–Kier alpha value is -1.39. The van der Waals surface area contributed by atoms with Gasteiger partial charge in [-0.05, 0) is 25.1 Å². The molecule has 0 saturated heterocycles. The van der Waals surface area contributed by atoms with Crippen LogP contribution in [-0.4, -0.2) is 17.7 Å². The lowest BCUT2D eigenvalue weighted by Crippen LogP contribution is -1.95. The van der Waals surface area contributed by atoms with Crippen LogP contribution in [0.3, 0.4) is 0 Å². The highest BCUT2D eigenvalue weighted by Gasteiger charge is 2.10. The van der Waals surface area contributed by atoms with Crippen molar-refractivity contribution in [2.24, 2.45) is 0 Å². The number of ether oxygens (including phenoxy) is 1. The van der Waals surface area contributed by atoms with Crippen LogP contribution in [-0.2, 0) is 11.3 Å². The number of benzene rings is 1. The molecule has 0 radical (unpaired) electrons. The van der Waals surface area contributed by atoms with E-state index in [1.165, 1.54) is 0 Å². The van der Waals surface area contributed by atoms with Crippen molar-refractivity contribution in [2.75, 3.05) is 6.61 Å². The molecule has 16 heavy (non-hydrogen) atoms. The normalized spacial score (nSPS) is 10.8. The Bertz CT molecular complexity index is 516. The first-order valence-electron chi connectivity index (χ1n) is 5.05. The van der Waals surface area contributed by atoms with Crippen molar-refractivity contribution in [2.45, 2.75) is 13.5 Å². The van der Waals surface area contributed by atoms with Gasteiger partial charge in [0.15, 0.2) is 0 Å². The van der Waals surface area contributed by atoms with Crippen molar-refractivity contribution < 1.29 is 14.6 Å². The molecule has 1 N–H and O–H groups in total. The molecule has 0 amide bonds. The molecule has 4 heteroatoms. The van der Waals surface area contributed by atoms with Crippen LogP contribution in [0.1, 0.15) is 22.2 Å². The number of hydrogen-bond donors (Lipinski definition) is 1. The third-order valence-corrected chi connectivity index (χ3v) is 3.37. The Morgan fingerprint density at radius 2 is 2.31 bits per heavy atom. The van der Waals surface area contributed by atoms with E-state index in [0.717, 1.165) is 15.0 Å². The van der Waals surface area contributed by atoms with E-state index in [-0.39, 0.29) is 0 Å². The van der Waals surface area contributed by atoms with Crippen LogP contribution >= 0.6 is 11.3 Å². The van der Waals surface area contributed by atoms with Crippen molar-refractivity contribution in [3.05, 3.63) is 34.7 Å². The molecule has 2 aromatic rings. The zero-order valence-electron chi connectivity index (χ0n) is 8.90. The Morgan fingerprint density at radius 3 is 3.00 bits per heavy atom. The molecular weight excluding hydrogens is 224 g/mol. The van der Waals surface area contributed by atoms with Crippen LogP contribution in [0.2, 0.25) is 0 Å². The molecule has 0 aliphatic heterocycles. The van der Waals surface area contributed by atoms with Crippen LogP contribution in [0.4, 0.5) is 0 Å². The molecule has 84 valence electrons. The van der Waals surface area contributed by atoms with E-state index in [2.05, 4.69) is 0 Å². The fourth-order valence-electron chi connectivity index (χ4n) is 1.57. The maximum Gasteiger partial charge on any atom is 0.336 e. The van der Waals surface area contributed by atoms with Crippen LogP contribution in [0.15, 0.2) is 24.3 Å². The van der Waals surface area contributed by atoms with Crippen molar-refractivity contribution in [1.29, 1.82) is 0 Å². The number of carboxylic acids is 1. The Morgan fingerprint density at radius 1 is 1.50 bits per heavy atom. The summed E-state index contributed by atoms with van der Waals surface area (Å²) in [5.41, 5.74) is 0.358. The van der Waals surface area contributed by atoms with Crippen molar-refractivity contribution in [3.63, 3.8) is 0 Å². The quantitative estimate of drug-likeness (QED) is 0.887.